The summed E-state index contributed by atoms with van der Waals surface area (Å²) >= 11 is 0. The normalized spacial score (nSPS) is 12.8. The minimum atomic E-state index is -0.484. The average molecular weight is 450 g/mol. The van der Waals surface area contributed by atoms with Gasteiger partial charge in [0.25, 0.3) is 11.8 Å². The van der Waals surface area contributed by atoms with Crippen LogP contribution in [0.15, 0.2) is 66.7 Å². The molecule has 33 heavy (non-hydrogen) atoms. The summed E-state index contributed by atoms with van der Waals surface area (Å²) in [7, 11) is 3.80. The largest absolute Gasteiger partial charge is 0.377 e. The van der Waals surface area contributed by atoms with Crippen LogP contribution >= 0.6 is 0 Å². The topological polar surface area (TPSA) is 52.7 Å². The first-order valence-electron chi connectivity index (χ1n) is 10.8. The summed E-state index contributed by atoms with van der Waals surface area (Å²) in [6.07, 6.45) is 1.79. The highest BCUT2D eigenvalue weighted by atomic mass is 19.1. The van der Waals surface area contributed by atoms with Crippen molar-refractivity contribution in [1.29, 1.82) is 0 Å². The van der Waals surface area contributed by atoms with Gasteiger partial charge in [-0.05, 0) is 73.0 Å². The maximum absolute atomic E-state index is 13.7. The number of hydrogen-bond acceptors (Lipinski definition) is 3. The van der Waals surface area contributed by atoms with Gasteiger partial charge in [0.05, 0.1) is 0 Å². The van der Waals surface area contributed by atoms with Crippen molar-refractivity contribution in [2.75, 3.05) is 24.3 Å². The molecule has 0 radical (unpaired) electrons. The van der Waals surface area contributed by atoms with E-state index in [0.717, 1.165) is 24.1 Å². The number of carbonyl (C=O) groups excluding carboxylic acids is 2. The van der Waals surface area contributed by atoms with Crippen molar-refractivity contribution in [2.45, 2.75) is 25.4 Å². The van der Waals surface area contributed by atoms with Crippen LogP contribution in [0, 0.1) is 11.6 Å². The molecule has 1 N–H and O–H groups in total. The number of hydrogen-bond donors (Lipinski definition) is 1. The second-order valence-corrected chi connectivity index (χ2v) is 8.38. The Hall–Kier alpha value is -3.74. The molecule has 1 aliphatic carbocycles. The highest BCUT2D eigenvalue weighted by Gasteiger charge is 2.33. The summed E-state index contributed by atoms with van der Waals surface area (Å²) < 4.78 is 27.2. The third-order valence-corrected chi connectivity index (χ3v) is 5.57. The van der Waals surface area contributed by atoms with Gasteiger partial charge < -0.3 is 15.1 Å². The summed E-state index contributed by atoms with van der Waals surface area (Å²) in [6, 6.07) is 16.7. The van der Waals surface area contributed by atoms with Crippen LogP contribution in [0.3, 0.4) is 0 Å². The van der Waals surface area contributed by atoms with E-state index in [-0.39, 0.29) is 17.5 Å². The Bertz CT molecular complexity index is 1190. The first kappa shape index (κ1) is 22.5. The van der Waals surface area contributed by atoms with Crippen molar-refractivity contribution in [3.63, 3.8) is 0 Å². The molecule has 0 spiro atoms. The van der Waals surface area contributed by atoms with Gasteiger partial charge >= 0.3 is 0 Å². The highest BCUT2D eigenvalue weighted by Crippen LogP contribution is 2.33. The molecule has 1 aliphatic rings. The number of rotatable bonds is 7. The number of carbonyl (C=O) groups is 2. The van der Waals surface area contributed by atoms with Gasteiger partial charge in [0, 0.05) is 49.2 Å². The molecule has 170 valence electrons. The Morgan fingerprint density at radius 2 is 1.55 bits per heavy atom. The average Bonchev–Trinajstić information content (AvgIpc) is 3.62. The summed E-state index contributed by atoms with van der Waals surface area (Å²) in [6.45, 7) is 0.317. The molecule has 1 fully saturated rings. The zero-order valence-corrected chi connectivity index (χ0v) is 18.5. The van der Waals surface area contributed by atoms with Gasteiger partial charge in [0.15, 0.2) is 0 Å². The third kappa shape index (κ3) is 5.37. The molecular weight excluding hydrogens is 424 g/mol. The molecule has 0 unspecified atom stereocenters. The minimum absolute atomic E-state index is 0.0984. The summed E-state index contributed by atoms with van der Waals surface area (Å²) in [4.78, 5) is 29.5. The summed E-state index contributed by atoms with van der Waals surface area (Å²) in [5.74, 6) is -1.58. The van der Waals surface area contributed by atoms with Gasteiger partial charge in [-0.3, -0.25) is 9.59 Å². The van der Waals surface area contributed by atoms with Gasteiger partial charge in [-0.15, -0.1) is 0 Å². The minimum Gasteiger partial charge on any atom is -0.377 e. The van der Waals surface area contributed by atoms with Crippen LogP contribution in [-0.2, 0) is 6.54 Å². The lowest BCUT2D eigenvalue weighted by molar-refractivity contribution is 0.0729. The predicted molar refractivity (Wildman–Crippen MR) is 124 cm³/mol. The number of halogens is 2. The van der Waals surface area contributed by atoms with E-state index in [1.165, 1.54) is 36.4 Å². The van der Waals surface area contributed by atoms with Crippen LogP contribution < -0.4 is 10.2 Å². The molecule has 0 saturated heterocycles. The van der Waals surface area contributed by atoms with Crippen molar-refractivity contribution < 1.29 is 18.4 Å². The molecule has 3 aromatic rings. The molecule has 2 amide bonds. The fraction of sp³-hybridized carbons (Fsp3) is 0.231. The fourth-order valence-corrected chi connectivity index (χ4v) is 3.78. The van der Waals surface area contributed by atoms with E-state index >= 15 is 0 Å². The highest BCUT2D eigenvalue weighted by molar-refractivity contribution is 6.04. The smallest absolute Gasteiger partial charge is 0.255 e. The first-order valence-corrected chi connectivity index (χ1v) is 10.8. The van der Waals surface area contributed by atoms with Crippen molar-refractivity contribution >= 4 is 23.2 Å². The zero-order valence-electron chi connectivity index (χ0n) is 18.5. The summed E-state index contributed by atoms with van der Waals surface area (Å²) in [5, 5.41) is 2.80. The Kier molecular flexibility index (Phi) is 6.40. The standard InChI is InChI=1S/C26H25F2N3O2/c1-30(2)24-12-9-22(29-25(32)17-5-3-7-20(27)13-17)15-19(24)16-31(23-10-11-23)26(33)18-6-4-8-21(28)14-18/h3-9,12-15,23H,10-11,16H2,1-2H3,(H,29,32). The van der Waals surface area contributed by atoms with Gasteiger partial charge in [-0.25, -0.2) is 8.78 Å². The number of anilines is 2. The van der Waals surface area contributed by atoms with Gasteiger partial charge in [0.1, 0.15) is 11.6 Å². The van der Waals surface area contributed by atoms with Crippen LogP contribution in [0.2, 0.25) is 0 Å². The maximum Gasteiger partial charge on any atom is 0.255 e. The molecule has 4 rings (SSSR count). The zero-order chi connectivity index (χ0) is 23.5. The number of benzene rings is 3. The maximum atomic E-state index is 13.7. The van der Waals surface area contributed by atoms with Crippen molar-refractivity contribution in [1.82, 2.24) is 4.90 Å². The number of nitrogens with zero attached hydrogens (tertiary/aromatic N) is 2. The lowest BCUT2D eigenvalue weighted by atomic mass is 10.1. The van der Waals surface area contributed by atoms with Crippen LogP contribution in [-0.4, -0.2) is 36.9 Å². The molecule has 1 saturated carbocycles. The van der Waals surface area contributed by atoms with Crippen molar-refractivity contribution in [2.24, 2.45) is 0 Å². The summed E-state index contributed by atoms with van der Waals surface area (Å²) in [5.41, 5.74) is 2.81. The molecular formula is C26H25F2N3O2. The van der Waals surface area contributed by atoms with Crippen molar-refractivity contribution in [3.8, 4) is 0 Å². The van der Waals surface area contributed by atoms with Crippen LogP contribution in [0.1, 0.15) is 39.1 Å². The number of amides is 2. The molecule has 0 heterocycles. The van der Waals surface area contributed by atoms with E-state index in [1.54, 1.807) is 23.1 Å². The predicted octanol–water partition coefficient (Wildman–Crippen LogP) is 5.09. The molecule has 0 atom stereocenters. The van der Waals surface area contributed by atoms with E-state index in [9.17, 15) is 18.4 Å². The SMILES string of the molecule is CN(C)c1ccc(NC(=O)c2cccc(F)c2)cc1CN(C(=O)c1cccc(F)c1)C1CC1. The fourth-order valence-electron chi connectivity index (χ4n) is 3.78. The van der Waals surface area contributed by atoms with Gasteiger partial charge in [-0.1, -0.05) is 12.1 Å². The monoisotopic (exact) mass is 449 g/mol. The van der Waals surface area contributed by atoms with Gasteiger partial charge in [-0.2, -0.15) is 0 Å². The van der Waals surface area contributed by atoms with Gasteiger partial charge in [0.2, 0.25) is 0 Å². The van der Waals surface area contributed by atoms with Crippen molar-refractivity contribution in [3.05, 3.63) is 95.1 Å². The lowest BCUT2D eigenvalue weighted by Gasteiger charge is -2.26. The molecule has 0 aliphatic heterocycles. The molecule has 0 bridgehead atoms. The molecule has 5 nitrogen and oxygen atoms in total. The Labute approximate surface area is 191 Å². The van der Waals surface area contributed by atoms with E-state index in [4.69, 9.17) is 0 Å². The van der Waals surface area contributed by atoms with E-state index in [0.29, 0.717) is 17.8 Å². The first-order chi connectivity index (χ1) is 15.8. The second-order valence-electron chi connectivity index (χ2n) is 8.38. The van der Waals surface area contributed by atoms with Crippen LogP contribution in [0.25, 0.3) is 0 Å². The van der Waals surface area contributed by atoms with E-state index < -0.39 is 17.5 Å². The Balaban J connectivity index is 1.61. The lowest BCUT2D eigenvalue weighted by Crippen LogP contribution is -2.33. The van der Waals surface area contributed by atoms with Crippen LogP contribution in [0.5, 0.6) is 0 Å². The Morgan fingerprint density at radius 3 is 2.15 bits per heavy atom. The quantitative estimate of drug-likeness (QED) is 0.547. The van der Waals surface area contributed by atoms with Crippen LogP contribution in [0.4, 0.5) is 20.2 Å². The molecule has 3 aromatic carbocycles. The molecule has 0 aromatic heterocycles. The third-order valence-electron chi connectivity index (χ3n) is 5.57. The van der Waals surface area contributed by atoms with E-state index in [1.807, 2.05) is 31.1 Å². The van der Waals surface area contributed by atoms with E-state index in [2.05, 4.69) is 5.32 Å². The Morgan fingerprint density at radius 1 is 0.909 bits per heavy atom. The second kappa shape index (κ2) is 9.40. The molecule has 7 heteroatoms. The number of nitrogens with one attached hydrogen (secondary N) is 1.